The predicted octanol–water partition coefficient (Wildman–Crippen LogP) is 5.22. The molecule has 2 nitrogen and oxygen atoms in total. The van der Waals surface area contributed by atoms with Gasteiger partial charge in [-0.2, -0.15) is 0 Å². The summed E-state index contributed by atoms with van der Waals surface area (Å²) >= 11 is 7.96. The fourth-order valence-corrected chi connectivity index (χ4v) is 2.84. The Bertz CT molecular complexity index is 756. The highest BCUT2D eigenvalue weighted by Gasteiger charge is 2.05. The predicted molar refractivity (Wildman–Crippen MR) is 92.3 cm³/mol. The van der Waals surface area contributed by atoms with Gasteiger partial charge in [-0.25, -0.2) is 0 Å². The maximum atomic E-state index is 6.21. The van der Waals surface area contributed by atoms with Crippen LogP contribution in [0.4, 0.5) is 5.69 Å². The van der Waals surface area contributed by atoms with Crippen LogP contribution in [-0.2, 0) is 6.54 Å². The number of thioether (sulfide) groups is 1. The lowest BCUT2D eigenvalue weighted by Gasteiger charge is -2.10. The first-order valence-corrected chi connectivity index (χ1v) is 8.28. The van der Waals surface area contributed by atoms with Crippen molar-refractivity contribution in [3.05, 3.63) is 65.3 Å². The summed E-state index contributed by atoms with van der Waals surface area (Å²) in [4.78, 5) is 5.71. The second-order valence-corrected chi connectivity index (χ2v) is 5.98. The second kappa shape index (κ2) is 6.37. The normalized spacial score (nSPS) is 10.8. The van der Waals surface area contributed by atoms with Gasteiger partial charge in [0.15, 0.2) is 0 Å². The van der Waals surface area contributed by atoms with Crippen LogP contribution in [0.3, 0.4) is 0 Å². The third kappa shape index (κ3) is 3.14. The quantitative estimate of drug-likeness (QED) is 0.668. The van der Waals surface area contributed by atoms with Crippen LogP contribution in [-0.4, -0.2) is 11.2 Å². The Balaban J connectivity index is 1.83. The van der Waals surface area contributed by atoms with Crippen LogP contribution < -0.4 is 5.32 Å². The van der Waals surface area contributed by atoms with E-state index in [9.17, 15) is 0 Å². The Labute approximate surface area is 133 Å². The lowest BCUT2D eigenvalue weighted by Crippen LogP contribution is -2.00. The lowest BCUT2D eigenvalue weighted by molar-refractivity contribution is 1.14. The van der Waals surface area contributed by atoms with Crippen LogP contribution in [0.1, 0.15) is 5.56 Å². The van der Waals surface area contributed by atoms with E-state index in [0.29, 0.717) is 0 Å². The first-order valence-electron chi connectivity index (χ1n) is 6.68. The van der Waals surface area contributed by atoms with Crippen LogP contribution in [0, 0.1) is 0 Å². The van der Waals surface area contributed by atoms with Gasteiger partial charge in [-0.3, -0.25) is 4.98 Å². The number of benzene rings is 2. The summed E-state index contributed by atoms with van der Waals surface area (Å²) in [6.07, 6.45) is 3.87. The number of hydrogen-bond donors (Lipinski definition) is 1. The van der Waals surface area contributed by atoms with Crippen LogP contribution >= 0.6 is 23.4 Å². The zero-order valence-electron chi connectivity index (χ0n) is 11.6. The molecule has 3 aromatic rings. The van der Waals surface area contributed by atoms with E-state index in [4.69, 9.17) is 11.6 Å². The maximum absolute atomic E-state index is 6.21. The van der Waals surface area contributed by atoms with Gasteiger partial charge in [-0.1, -0.05) is 23.7 Å². The zero-order chi connectivity index (χ0) is 14.7. The molecule has 0 aliphatic heterocycles. The molecule has 0 atom stereocenters. The standard InChI is InChI=1S/C17H15ClN2S/c1-21-13-6-4-12(5-7-13)11-20-16-9-8-15(18)14-3-2-10-19-17(14)16/h2-10,20H,11H2,1H3. The molecule has 0 bridgehead atoms. The fourth-order valence-electron chi connectivity index (χ4n) is 2.22. The zero-order valence-corrected chi connectivity index (χ0v) is 13.2. The SMILES string of the molecule is CSc1ccc(CNc2ccc(Cl)c3cccnc23)cc1. The van der Waals surface area contributed by atoms with Gasteiger partial charge >= 0.3 is 0 Å². The largest absolute Gasteiger partial charge is 0.379 e. The molecule has 21 heavy (non-hydrogen) atoms. The summed E-state index contributed by atoms with van der Waals surface area (Å²) < 4.78 is 0. The van der Waals surface area contributed by atoms with Crippen LogP contribution in [0.2, 0.25) is 5.02 Å². The van der Waals surface area contributed by atoms with E-state index < -0.39 is 0 Å². The number of aromatic nitrogens is 1. The lowest BCUT2D eigenvalue weighted by atomic mass is 10.1. The van der Waals surface area contributed by atoms with Crippen molar-refractivity contribution in [1.29, 1.82) is 0 Å². The molecule has 0 amide bonds. The highest BCUT2D eigenvalue weighted by Crippen LogP contribution is 2.28. The number of nitrogens with one attached hydrogen (secondary N) is 1. The maximum Gasteiger partial charge on any atom is 0.0948 e. The molecule has 0 aliphatic rings. The van der Waals surface area contributed by atoms with E-state index in [1.807, 2.05) is 24.3 Å². The van der Waals surface area contributed by atoms with Crippen LogP contribution in [0.25, 0.3) is 10.9 Å². The summed E-state index contributed by atoms with van der Waals surface area (Å²) in [5, 5.41) is 5.14. The molecule has 1 heterocycles. The third-order valence-corrected chi connectivity index (χ3v) is 4.43. The van der Waals surface area contributed by atoms with E-state index >= 15 is 0 Å². The van der Waals surface area contributed by atoms with Crippen molar-refractivity contribution >= 4 is 40.0 Å². The topological polar surface area (TPSA) is 24.9 Å². The molecule has 106 valence electrons. The summed E-state index contributed by atoms with van der Waals surface area (Å²) in [6, 6.07) is 16.3. The molecule has 1 N–H and O–H groups in total. The number of pyridine rings is 1. The van der Waals surface area contributed by atoms with Gasteiger partial charge < -0.3 is 5.32 Å². The van der Waals surface area contributed by atoms with Gasteiger partial charge in [-0.05, 0) is 48.2 Å². The number of rotatable bonds is 4. The first kappa shape index (κ1) is 14.2. The molecule has 1 aromatic heterocycles. The molecule has 3 rings (SSSR count). The van der Waals surface area contributed by atoms with Gasteiger partial charge in [0.2, 0.25) is 0 Å². The van der Waals surface area contributed by atoms with Crippen molar-refractivity contribution in [2.24, 2.45) is 0 Å². The highest BCUT2D eigenvalue weighted by molar-refractivity contribution is 7.98. The number of halogens is 1. The molecule has 0 saturated heterocycles. The molecule has 0 radical (unpaired) electrons. The molecule has 0 spiro atoms. The van der Waals surface area contributed by atoms with Crippen molar-refractivity contribution < 1.29 is 0 Å². The smallest absolute Gasteiger partial charge is 0.0948 e. The number of fused-ring (bicyclic) bond motifs is 1. The van der Waals surface area contributed by atoms with Gasteiger partial charge in [0, 0.05) is 23.0 Å². The van der Waals surface area contributed by atoms with Crippen molar-refractivity contribution in [3.63, 3.8) is 0 Å². The molecule has 4 heteroatoms. The Morgan fingerprint density at radius 1 is 1.10 bits per heavy atom. The molecule has 2 aromatic carbocycles. The average Bonchev–Trinajstić information content (AvgIpc) is 2.55. The Morgan fingerprint density at radius 3 is 2.67 bits per heavy atom. The summed E-state index contributed by atoms with van der Waals surface area (Å²) in [5.74, 6) is 0. The van der Waals surface area contributed by atoms with E-state index in [-0.39, 0.29) is 0 Å². The van der Waals surface area contributed by atoms with Crippen LogP contribution in [0.15, 0.2) is 59.6 Å². The molecule has 0 fully saturated rings. The second-order valence-electron chi connectivity index (χ2n) is 4.70. The number of anilines is 1. The Kier molecular flexibility index (Phi) is 4.32. The minimum atomic E-state index is 0.730. The molecular formula is C17H15ClN2S. The summed E-state index contributed by atoms with van der Waals surface area (Å²) in [5.41, 5.74) is 3.15. The Hall–Kier alpha value is -1.71. The van der Waals surface area contributed by atoms with Crippen molar-refractivity contribution in [3.8, 4) is 0 Å². The fraction of sp³-hybridized carbons (Fsp3) is 0.118. The molecule has 0 unspecified atom stereocenters. The van der Waals surface area contributed by atoms with E-state index in [0.717, 1.165) is 28.2 Å². The Morgan fingerprint density at radius 2 is 1.90 bits per heavy atom. The molecule has 0 saturated carbocycles. The van der Waals surface area contributed by atoms with Gasteiger partial charge in [-0.15, -0.1) is 11.8 Å². The van der Waals surface area contributed by atoms with Crippen molar-refractivity contribution in [2.45, 2.75) is 11.4 Å². The van der Waals surface area contributed by atoms with Crippen molar-refractivity contribution in [2.75, 3.05) is 11.6 Å². The van der Waals surface area contributed by atoms with E-state index in [1.54, 1.807) is 18.0 Å². The monoisotopic (exact) mass is 314 g/mol. The number of nitrogens with zero attached hydrogens (tertiary/aromatic N) is 1. The number of hydrogen-bond acceptors (Lipinski definition) is 3. The minimum Gasteiger partial charge on any atom is -0.379 e. The summed E-state index contributed by atoms with van der Waals surface area (Å²) in [7, 11) is 0. The van der Waals surface area contributed by atoms with Crippen molar-refractivity contribution in [1.82, 2.24) is 4.98 Å². The highest BCUT2D eigenvalue weighted by atomic mass is 35.5. The molecular weight excluding hydrogens is 300 g/mol. The summed E-state index contributed by atoms with van der Waals surface area (Å²) in [6.45, 7) is 0.766. The van der Waals surface area contributed by atoms with E-state index in [2.05, 4.69) is 40.8 Å². The van der Waals surface area contributed by atoms with Gasteiger partial charge in [0.05, 0.1) is 16.2 Å². The van der Waals surface area contributed by atoms with E-state index in [1.165, 1.54) is 10.5 Å². The molecule has 0 aliphatic carbocycles. The van der Waals surface area contributed by atoms with Gasteiger partial charge in [0.25, 0.3) is 0 Å². The average molecular weight is 315 g/mol. The van der Waals surface area contributed by atoms with Crippen LogP contribution in [0.5, 0.6) is 0 Å². The van der Waals surface area contributed by atoms with Gasteiger partial charge in [0.1, 0.15) is 0 Å². The minimum absolute atomic E-state index is 0.730. The third-order valence-electron chi connectivity index (χ3n) is 3.36. The first-order chi connectivity index (χ1) is 10.3.